The minimum Gasteiger partial charge on any atom is -0.494 e. The molecule has 1 aliphatic heterocycles. The summed E-state index contributed by atoms with van der Waals surface area (Å²) in [6.45, 7) is 4.30. The van der Waals surface area contributed by atoms with Crippen molar-refractivity contribution in [1.82, 2.24) is 9.88 Å². The topological polar surface area (TPSA) is 80.1 Å². The summed E-state index contributed by atoms with van der Waals surface area (Å²) in [5, 5.41) is 18.8. The normalized spacial score (nSPS) is 16.4. The van der Waals surface area contributed by atoms with Crippen molar-refractivity contribution < 1.29 is 5.11 Å². The van der Waals surface area contributed by atoms with E-state index in [9.17, 15) is 9.90 Å². The summed E-state index contributed by atoms with van der Waals surface area (Å²) in [7, 11) is 0. The number of aromatic nitrogens is 1. The summed E-state index contributed by atoms with van der Waals surface area (Å²) in [6, 6.07) is 1.90. The molecule has 0 aromatic carbocycles. The molecule has 2 heterocycles. The fraction of sp³-hybridized carbons (Fsp3) is 0.538. The van der Waals surface area contributed by atoms with Crippen LogP contribution in [0, 0.1) is 18.3 Å². The maximum absolute atomic E-state index is 11.5. The van der Waals surface area contributed by atoms with Crippen LogP contribution in [0.5, 0.6) is 5.88 Å². The Morgan fingerprint density at radius 2 is 2.06 bits per heavy atom. The Morgan fingerprint density at radius 3 is 2.67 bits per heavy atom. The molecule has 1 aliphatic rings. The first-order valence-electron chi connectivity index (χ1n) is 6.20. The van der Waals surface area contributed by atoms with Crippen LogP contribution in [-0.2, 0) is 6.54 Å². The molecule has 0 spiro atoms. The van der Waals surface area contributed by atoms with E-state index in [4.69, 9.17) is 5.26 Å². The van der Waals surface area contributed by atoms with Crippen molar-refractivity contribution in [2.75, 3.05) is 13.1 Å². The zero-order valence-corrected chi connectivity index (χ0v) is 10.5. The van der Waals surface area contributed by atoms with Gasteiger partial charge in [0, 0.05) is 12.1 Å². The molecule has 0 atom stereocenters. The molecule has 1 fully saturated rings. The first-order valence-corrected chi connectivity index (χ1v) is 6.20. The van der Waals surface area contributed by atoms with Crippen LogP contribution >= 0.6 is 0 Å². The van der Waals surface area contributed by atoms with Gasteiger partial charge in [0.05, 0.1) is 0 Å². The average Bonchev–Trinajstić information content (AvgIpc) is 2.36. The standard InChI is InChI=1S/C13H17N3O2/c1-9-10(7-14)12(17)15-13(18)11(9)8-16-5-3-2-4-6-16/h2-6,8H2,1H3,(H2,15,17,18). The summed E-state index contributed by atoms with van der Waals surface area (Å²) in [5.41, 5.74) is 0.826. The Bertz CT molecular complexity index is 536. The summed E-state index contributed by atoms with van der Waals surface area (Å²) < 4.78 is 0. The van der Waals surface area contributed by atoms with Crippen molar-refractivity contribution in [3.8, 4) is 11.9 Å². The lowest BCUT2D eigenvalue weighted by Crippen LogP contribution is -2.30. The Labute approximate surface area is 106 Å². The highest BCUT2D eigenvalue weighted by atomic mass is 16.3. The number of pyridine rings is 1. The number of nitriles is 1. The number of aromatic hydroxyl groups is 1. The molecule has 2 rings (SSSR count). The molecule has 0 bridgehead atoms. The number of nitrogens with zero attached hydrogens (tertiary/aromatic N) is 2. The van der Waals surface area contributed by atoms with Gasteiger partial charge in [-0.2, -0.15) is 5.26 Å². The zero-order valence-electron chi connectivity index (χ0n) is 10.5. The SMILES string of the molecule is Cc1c(CN2CCCCC2)c(O)[nH]c(=O)c1C#N. The number of hydrogen-bond donors (Lipinski definition) is 2. The molecule has 0 unspecified atom stereocenters. The van der Waals surface area contributed by atoms with E-state index in [1.54, 1.807) is 6.92 Å². The van der Waals surface area contributed by atoms with E-state index in [0.717, 1.165) is 25.9 Å². The number of piperidine rings is 1. The highest BCUT2D eigenvalue weighted by molar-refractivity contribution is 5.44. The zero-order chi connectivity index (χ0) is 13.1. The maximum Gasteiger partial charge on any atom is 0.268 e. The molecule has 5 heteroatoms. The van der Waals surface area contributed by atoms with Crippen molar-refractivity contribution in [3.05, 3.63) is 27.0 Å². The van der Waals surface area contributed by atoms with E-state index in [0.29, 0.717) is 17.7 Å². The Kier molecular flexibility index (Phi) is 3.68. The van der Waals surface area contributed by atoms with E-state index in [2.05, 4.69) is 9.88 Å². The molecule has 2 N–H and O–H groups in total. The summed E-state index contributed by atoms with van der Waals surface area (Å²) >= 11 is 0. The second-order valence-electron chi connectivity index (χ2n) is 4.73. The van der Waals surface area contributed by atoms with Crippen molar-refractivity contribution in [1.29, 1.82) is 5.26 Å². The lowest BCUT2D eigenvalue weighted by Gasteiger charge is -2.27. The number of H-pyrrole nitrogens is 1. The molecule has 1 saturated heterocycles. The molecule has 1 aromatic heterocycles. The van der Waals surface area contributed by atoms with E-state index >= 15 is 0 Å². The smallest absolute Gasteiger partial charge is 0.268 e. The van der Waals surface area contributed by atoms with Crippen molar-refractivity contribution in [3.63, 3.8) is 0 Å². The molecule has 96 valence electrons. The van der Waals surface area contributed by atoms with Crippen LogP contribution < -0.4 is 5.56 Å². The van der Waals surface area contributed by atoms with Crippen molar-refractivity contribution >= 4 is 0 Å². The van der Waals surface area contributed by atoms with Gasteiger partial charge >= 0.3 is 0 Å². The number of aromatic amines is 1. The van der Waals surface area contributed by atoms with Gasteiger partial charge in [-0.1, -0.05) is 6.42 Å². The maximum atomic E-state index is 11.5. The second kappa shape index (κ2) is 5.23. The molecular formula is C13H17N3O2. The highest BCUT2D eigenvalue weighted by Gasteiger charge is 2.18. The van der Waals surface area contributed by atoms with Gasteiger partial charge in [-0.15, -0.1) is 0 Å². The van der Waals surface area contributed by atoms with Crippen LogP contribution in [0.2, 0.25) is 0 Å². The van der Waals surface area contributed by atoms with Crippen molar-refractivity contribution in [2.24, 2.45) is 0 Å². The largest absolute Gasteiger partial charge is 0.494 e. The molecule has 0 radical (unpaired) electrons. The number of hydrogen-bond acceptors (Lipinski definition) is 4. The van der Waals surface area contributed by atoms with Gasteiger partial charge in [0.1, 0.15) is 11.6 Å². The molecule has 1 aromatic rings. The molecule has 0 amide bonds. The van der Waals surface area contributed by atoms with E-state index < -0.39 is 5.56 Å². The first kappa shape index (κ1) is 12.7. The van der Waals surface area contributed by atoms with Crippen LogP contribution in [-0.4, -0.2) is 28.1 Å². The molecule has 0 saturated carbocycles. The van der Waals surface area contributed by atoms with E-state index in [1.165, 1.54) is 6.42 Å². The summed E-state index contributed by atoms with van der Waals surface area (Å²) in [6.07, 6.45) is 3.57. The van der Waals surface area contributed by atoms with Gasteiger partial charge in [-0.3, -0.25) is 14.7 Å². The lowest BCUT2D eigenvalue weighted by atomic mass is 10.0. The van der Waals surface area contributed by atoms with Crippen LogP contribution in [0.25, 0.3) is 0 Å². The third-order valence-corrected chi connectivity index (χ3v) is 3.51. The van der Waals surface area contributed by atoms with Gasteiger partial charge in [0.25, 0.3) is 5.56 Å². The van der Waals surface area contributed by atoms with Crippen LogP contribution in [0.15, 0.2) is 4.79 Å². The average molecular weight is 247 g/mol. The highest BCUT2D eigenvalue weighted by Crippen LogP contribution is 2.22. The van der Waals surface area contributed by atoms with Crippen LogP contribution in [0.3, 0.4) is 0 Å². The summed E-state index contributed by atoms with van der Waals surface area (Å²) in [4.78, 5) is 16.1. The quantitative estimate of drug-likeness (QED) is 0.824. The third kappa shape index (κ3) is 2.39. The third-order valence-electron chi connectivity index (χ3n) is 3.51. The van der Waals surface area contributed by atoms with E-state index in [1.807, 2.05) is 6.07 Å². The van der Waals surface area contributed by atoms with Crippen molar-refractivity contribution in [2.45, 2.75) is 32.7 Å². The molecular weight excluding hydrogens is 230 g/mol. The van der Waals surface area contributed by atoms with Gasteiger partial charge in [0.2, 0.25) is 0 Å². The molecule has 5 nitrogen and oxygen atoms in total. The fourth-order valence-electron chi connectivity index (χ4n) is 2.41. The number of rotatable bonds is 2. The predicted molar refractivity (Wildman–Crippen MR) is 67.3 cm³/mol. The Balaban J connectivity index is 2.32. The summed E-state index contributed by atoms with van der Waals surface area (Å²) in [5.74, 6) is -0.109. The molecule has 18 heavy (non-hydrogen) atoms. The fourth-order valence-corrected chi connectivity index (χ4v) is 2.41. The number of nitrogens with one attached hydrogen (secondary N) is 1. The van der Waals surface area contributed by atoms with Gasteiger partial charge in [0.15, 0.2) is 5.88 Å². The first-order chi connectivity index (χ1) is 8.63. The predicted octanol–water partition coefficient (Wildman–Crippen LogP) is 1.25. The van der Waals surface area contributed by atoms with Crippen LogP contribution in [0.1, 0.15) is 36.0 Å². The van der Waals surface area contributed by atoms with Gasteiger partial charge in [-0.05, 0) is 38.4 Å². The number of likely N-dealkylation sites (tertiary alicyclic amines) is 1. The molecule has 0 aliphatic carbocycles. The monoisotopic (exact) mass is 247 g/mol. The van der Waals surface area contributed by atoms with Crippen LogP contribution in [0.4, 0.5) is 0 Å². The minimum absolute atomic E-state index is 0.0970. The second-order valence-corrected chi connectivity index (χ2v) is 4.73. The van der Waals surface area contributed by atoms with Gasteiger partial charge < -0.3 is 5.11 Å². The Hall–Kier alpha value is -1.80. The lowest BCUT2D eigenvalue weighted by molar-refractivity contribution is 0.217. The van der Waals surface area contributed by atoms with Gasteiger partial charge in [-0.25, -0.2) is 0 Å². The minimum atomic E-state index is -0.519. The Morgan fingerprint density at radius 1 is 1.39 bits per heavy atom. The van der Waals surface area contributed by atoms with E-state index in [-0.39, 0.29) is 11.4 Å².